The van der Waals surface area contributed by atoms with Gasteiger partial charge in [-0.15, -0.1) is 0 Å². The molecule has 2 atom stereocenters. The molecule has 3 heteroatoms. The van der Waals surface area contributed by atoms with Crippen molar-refractivity contribution in [3.05, 3.63) is 0 Å². The lowest BCUT2D eigenvalue weighted by atomic mass is 9.99. The number of nitrogens with two attached hydrogens (primary N) is 1. The molecule has 1 aliphatic heterocycles. The number of aliphatic hydroxyl groups is 1. The lowest BCUT2D eigenvalue weighted by Crippen LogP contribution is -2.38. The Hall–Kier alpha value is -0.120. The second-order valence-corrected chi connectivity index (χ2v) is 3.43. The standard InChI is InChI=1S/C9H19NO2/c10-8(4-3-6-11)9-5-1-2-7-12-9/h8-9,11H,1-7,10H2. The maximum absolute atomic E-state index is 8.62. The van der Waals surface area contributed by atoms with Gasteiger partial charge in [-0.3, -0.25) is 0 Å². The number of ether oxygens (including phenoxy) is 1. The molecule has 1 fully saturated rings. The third-order valence-electron chi connectivity index (χ3n) is 2.39. The van der Waals surface area contributed by atoms with Gasteiger partial charge in [-0.05, 0) is 32.1 Å². The van der Waals surface area contributed by atoms with Gasteiger partial charge in [0, 0.05) is 19.3 Å². The molecule has 1 aliphatic rings. The van der Waals surface area contributed by atoms with E-state index in [9.17, 15) is 0 Å². The summed E-state index contributed by atoms with van der Waals surface area (Å²) in [7, 11) is 0. The topological polar surface area (TPSA) is 55.5 Å². The molecule has 3 N–H and O–H groups in total. The van der Waals surface area contributed by atoms with Gasteiger partial charge in [-0.1, -0.05) is 0 Å². The molecule has 1 saturated heterocycles. The van der Waals surface area contributed by atoms with Gasteiger partial charge in [0.1, 0.15) is 0 Å². The first kappa shape index (κ1) is 9.96. The van der Waals surface area contributed by atoms with Gasteiger partial charge in [-0.25, -0.2) is 0 Å². The summed E-state index contributed by atoms with van der Waals surface area (Å²) in [5.74, 6) is 0. The Morgan fingerprint density at radius 3 is 2.92 bits per heavy atom. The van der Waals surface area contributed by atoms with E-state index in [-0.39, 0.29) is 18.8 Å². The molecular formula is C9H19NO2. The van der Waals surface area contributed by atoms with Gasteiger partial charge < -0.3 is 15.6 Å². The van der Waals surface area contributed by atoms with Crippen LogP contribution in [0.1, 0.15) is 32.1 Å². The molecule has 1 heterocycles. The zero-order valence-corrected chi connectivity index (χ0v) is 7.54. The van der Waals surface area contributed by atoms with E-state index in [1.807, 2.05) is 0 Å². The van der Waals surface area contributed by atoms with Crippen molar-refractivity contribution in [2.45, 2.75) is 44.2 Å². The van der Waals surface area contributed by atoms with Crippen LogP contribution < -0.4 is 5.73 Å². The Balaban J connectivity index is 2.15. The number of hydrogen-bond donors (Lipinski definition) is 2. The highest BCUT2D eigenvalue weighted by atomic mass is 16.5. The van der Waals surface area contributed by atoms with Gasteiger partial charge in [0.2, 0.25) is 0 Å². The fraction of sp³-hybridized carbons (Fsp3) is 1.00. The van der Waals surface area contributed by atoms with Gasteiger partial charge in [0.25, 0.3) is 0 Å². The van der Waals surface area contributed by atoms with Gasteiger partial charge in [0.05, 0.1) is 6.10 Å². The van der Waals surface area contributed by atoms with Crippen LogP contribution in [-0.4, -0.2) is 30.5 Å². The van der Waals surface area contributed by atoms with E-state index in [1.165, 1.54) is 12.8 Å². The molecule has 0 spiro atoms. The quantitative estimate of drug-likeness (QED) is 0.656. The molecule has 0 radical (unpaired) electrons. The summed E-state index contributed by atoms with van der Waals surface area (Å²) in [4.78, 5) is 0. The predicted octanol–water partition coefficient (Wildman–Crippen LogP) is 0.655. The number of hydrogen-bond acceptors (Lipinski definition) is 3. The molecule has 0 aromatic rings. The van der Waals surface area contributed by atoms with E-state index in [1.54, 1.807) is 0 Å². The number of aliphatic hydroxyl groups excluding tert-OH is 1. The van der Waals surface area contributed by atoms with Gasteiger partial charge >= 0.3 is 0 Å². The fourth-order valence-corrected chi connectivity index (χ4v) is 1.62. The highest BCUT2D eigenvalue weighted by Crippen LogP contribution is 2.16. The average molecular weight is 173 g/mol. The van der Waals surface area contributed by atoms with Gasteiger partial charge in [-0.2, -0.15) is 0 Å². The lowest BCUT2D eigenvalue weighted by molar-refractivity contribution is -0.00202. The third-order valence-corrected chi connectivity index (χ3v) is 2.39. The highest BCUT2D eigenvalue weighted by Gasteiger charge is 2.20. The summed E-state index contributed by atoms with van der Waals surface area (Å²) < 4.78 is 5.53. The van der Waals surface area contributed by atoms with E-state index in [0.717, 1.165) is 25.9 Å². The molecule has 0 aliphatic carbocycles. The summed E-state index contributed by atoms with van der Waals surface area (Å²) in [6.45, 7) is 1.10. The van der Waals surface area contributed by atoms with Crippen LogP contribution in [0.3, 0.4) is 0 Å². The molecule has 0 aromatic carbocycles. The predicted molar refractivity (Wildman–Crippen MR) is 47.9 cm³/mol. The van der Waals surface area contributed by atoms with E-state index >= 15 is 0 Å². The second-order valence-electron chi connectivity index (χ2n) is 3.43. The summed E-state index contributed by atoms with van der Waals surface area (Å²) in [5.41, 5.74) is 5.90. The minimum absolute atomic E-state index is 0.123. The smallest absolute Gasteiger partial charge is 0.0725 e. The zero-order chi connectivity index (χ0) is 8.81. The van der Waals surface area contributed by atoms with Crippen molar-refractivity contribution in [1.29, 1.82) is 0 Å². The van der Waals surface area contributed by atoms with Crippen LogP contribution in [0.4, 0.5) is 0 Å². The Morgan fingerprint density at radius 2 is 2.33 bits per heavy atom. The first-order valence-corrected chi connectivity index (χ1v) is 4.82. The summed E-state index contributed by atoms with van der Waals surface area (Å²) in [6, 6.07) is 0.123. The summed E-state index contributed by atoms with van der Waals surface area (Å²) in [5, 5.41) is 8.62. The summed E-state index contributed by atoms with van der Waals surface area (Å²) in [6.07, 6.45) is 5.40. The molecule has 0 amide bonds. The van der Waals surface area contributed by atoms with E-state index in [2.05, 4.69) is 0 Å². The first-order chi connectivity index (χ1) is 5.84. The van der Waals surface area contributed by atoms with Crippen LogP contribution >= 0.6 is 0 Å². The Morgan fingerprint density at radius 1 is 1.50 bits per heavy atom. The van der Waals surface area contributed by atoms with Crippen LogP contribution in [0.25, 0.3) is 0 Å². The normalized spacial score (nSPS) is 27.0. The second kappa shape index (κ2) is 5.51. The van der Waals surface area contributed by atoms with Crippen LogP contribution in [0.2, 0.25) is 0 Å². The molecule has 0 bridgehead atoms. The van der Waals surface area contributed by atoms with Crippen molar-refractivity contribution < 1.29 is 9.84 Å². The highest BCUT2D eigenvalue weighted by molar-refractivity contribution is 4.75. The monoisotopic (exact) mass is 173 g/mol. The molecule has 1 rings (SSSR count). The Bertz CT molecular complexity index is 113. The third kappa shape index (κ3) is 3.09. The molecular weight excluding hydrogens is 154 g/mol. The minimum atomic E-state index is 0.123. The minimum Gasteiger partial charge on any atom is -0.396 e. The van der Waals surface area contributed by atoms with Crippen molar-refractivity contribution in [1.82, 2.24) is 0 Å². The molecule has 12 heavy (non-hydrogen) atoms. The van der Waals surface area contributed by atoms with Crippen molar-refractivity contribution in [3.63, 3.8) is 0 Å². The van der Waals surface area contributed by atoms with E-state index in [4.69, 9.17) is 15.6 Å². The summed E-state index contributed by atoms with van der Waals surface area (Å²) >= 11 is 0. The van der Waals surface area contributed by atoms with Crippen LogP contribution in [0.5, 0.6) is 0 Å². The SMILES string of the molecule is NC(CCCO)C1CCCCO1. The van der Waals surface area contributed by atoms with E-state index in [0.29, 0.717) is 0 Å². The largest absolute Gasteiger partial charge is 0.396 e. The van der Waals surface area contributed by atoms with Crippen LogP contribution in [0, 0.1) is 0 Å². The van der Waals surface area contributed by atoms with Crippen molar-refractivity contribution in [2.24, 2.45) is 5.73 Å². The molecule has 0 aromatic heterocycles. The zero-order valence-electron chi connectivity index (χ0n) is 7.54. The number of rotatable bonds is 4. The van der Waals surface area contributed by atoms with Crippen LogP contribution in [-0.2, 0) is 4.74 Å². The molecule has 0 saturated carbocycles. The maximum Gasteiger partial charge on any atom is 0.0725 e. The van der Waals surface area contributed by atoms with Crippen molar-refractivity contribution in [2.75, 3.05) is 13.2 Å². The van der Waals surface area contributed by atoms with Crippen LogP contribution in [0.15, 0.2) is 0 Å². The van der Waals surface area contributed by atoms with Crippen molar-refractivity contribution in [3.8, 4) is 0 Å². The first-order valence-electron chi connectivity index (χ1n) is 4.82. The van der Waals surface area contributed by atoms with Crippen molar-refractivity contribution >= 4 is 0 Å². The Labute approximate surface area is 73.9 Å². The fourth-order valence-electron chi connectivity index (χ4n) is 1.62. The average Bonchev–Trinajstić information content (AvgIpc) is 2.15. The molecule has 72 valence electrons. The van der Waals surface area contributed by atoms with Gasteiger partial charge in [0.15, 0.2) is 0 Å². The Kier molecular flexibility index (Phi) is 4.58. The molecule has 2 unspecified atom stereocenters. The molecule has 3 nitrogen and oxygen atoms in total. The van der Waals surface area contributed by atoms with E-state index < -0.39 is 0 Å². The maximum atomic E-state index is 8.62. The lowest BCUT2D eigenvalue weighted by Gasteiger charge is -2.27.